The molecule has 3 rings (SSSR count). The fourth-order valence-corrected chi connectivity index (χ4v) is 3.05. The van der Waals surface area contributed by atoms with Gasteiger partial charge in [-0.3, -0.25) is 10.1 Å². The van der Waals surface area contributed by atoms with Crippen LogP contribution in [0.4, 0.5) is 0 Å². The average molecular weight is 272 g/mol. The molecule has 1 amide bonds. The highest BCUT2D eigenvalue weighted by molar-refractivity contribution is 5.85. The summed E-state index contributed by atoms with van der Waals surface area (Å²) in [6, 6.07) is 9.91. The largest absolute Gasteiger partial charge is 0.325 e. The van der Waals surface area contributed by atoms with E-state index in [-0.39, 0.29) is 18.1 Å². The minimum atomic E-state index is -0.164. The van der Waals surface area contributed by atoms with Crippen molar-refractivity contribution in [3.63, 3.8) is 0 Å². The second-order valence-electron chi connectivity index (χ2n) is 6.46. The maximum atomic E-state index is 12.7. The van der Waals surface area contributed by atoms with E-state index in [4.69, 9.17) is 0 Å². The summed E-state index contributed by atoms with van der Waals surface area (Å²) < 4.78 is 0. The predicted molar refractivity (Wildman–Crippen MR) is 80.0 cm³/mol. The molecule has 3 nitrogen and oxygen atoms in total. The standard InChI is InChI=1S/C17H24N2O/c1-12(2)16-18-15(14-6-4-3-5-7-14)17(20)19(16)11-10-13-8-9-13/h3-7,12-13,15-16,18H,8-11H2,1-2H3. The van der Waals surface area contributed by atoms with Gasteiger partial charge in [-0.1, -0.05) is 57.0 Å². The molecule has 0 bridgehead atoms. The monoisotopic (exact) mass is 272 g/mol. The van der Waals surface area contributed by atoms with Crippen molar-refractivity contribution in [1.29, 1.82) is 0 Å². The highest BCUT2D eigenvalue weighted by atomic mass is 16.2. The van der Waals surface area contributed by atoms with Crippen LogP contribution in [-0.4, -0.2) is 23.5 Å². The Hall–Kier alpha value is -1.35. The van der Waals surface area contributed by atoms with Crippen LogP contribution >= 0.6 is 0 Å². The van der Waals surface area contributed by atoms with Gasteiger partial charge in [0.15, 0.2) is 0 Å². The number of carbonyl (C=O) groups excluding carboxylic acids is 1. The molecule has 20 heavy (non-hydrogen) atoms. The highest BCUT2D eigenvalue weighted by Crippen LogP contribution is 2.34. The van der Waals surface area contributed by atoms with Crippen molar-refractivity contribution in [2.45, 2.75) is 45.3 Å². The molecule has 0 radical (unpaired) electrons. The van der Waals surface area contributed by atoms with Gasteiger partial charge in [0.05, 0.1) is 6.17 Å². The van der Waals surface area contributed by atoms with E-state index in [0.29, 0.717) is 5.92 Å². The number of benzene rings is 1. The van der Waals surface area contributed by atoms with Gasteiger partial charge in [0.1, 0.15) is 6.04 Å². The van der Waals surface area contributed by atoms with Crippen LogP contribution in [0.3, 0.4) is 0 Å². The van der Waals surface area contributed by atoms with Gasteiger partial charge >= 0.3 is 0 Å². The van der Waals surface area contributed by atoms with E-state index in [2.05, 4.69) is 24.1 Å². The van der Waals surface area contributed by atoms with Gasteiger partial charge in [0.2, 0.25) is 5.91 Å². The Bertz CT molecular complexity index is 467. The van der Waals surface area contributed by atoms with E-state index in [0.717, 1.165) is 24.4 Å². The lowest BCUT2D eigenvalue weighted by atomic mass is 10.1. The summed E-state index contributed by atoms with van der Waals surface area (Å²) in [4.78, 5) is 14.8. The Kier molecular flexibility index (Phi) is 3.79. The van der Waals surface area contributed by atoms with Gasteiger partial charge < -0.3 is 4.90 Å². The maximum Gasteiger partial charge on any atom is 0.245 e. The molecule has 108 valence electrons. The van der Waals surface area contributed by atoms with Crippen molar-refractivity contribution in [3.05, 3.63) is 35.9 Å². The first-order valence-electron chi connectivity index (χ1n) is 7.78. The van der Waals surface area contributed by atoms with Crippen LogP contribution in [0.1, 0.15) is 44.7 Å². The summed E-state index contributed by atoms with van der Waals surface area (Å²) in [6.45, 7) is 5.27. The molecule has 1 saturated carbocycles. The van der Waals surface area contributed by atoms with Gasteiger partial charge in [0, 0.05) is 6.54 Å². The predicted octanol–water partition coefficient (Wildman–Crippen LogP) is 2.94. The van der Waals surface area contributed by atoms with Crippen molar-refractivity contribution in [3.8, 4) is 0 Å². The Morgan fingerprint density at radius 2 is 1.95 bits per heavy atom. The molecule has 0 aromatic heterocycles. The molecule has 2 atom stereocenters. The van der Waals surface area contributed by atoms with Crippen LogP contribution < -0.4 is 5.32 Å². The summed E-state index contributed by atoms with van der Waals surface area (Å²) >= 11 is 0. The first-order chi connectivity index (χ1) is 9.66. The second kappa shape index (κ2) is 5.57. The van der Waals surface area contributed by atoms with Crippen LogP contribution in [0, 0.1) is 11.8 Å². The van der Waals surface area contributed by atoms with Crippen molar-refractivity contribution in [2.24, 2.45) is 11.8 Å². The van der Waals surface area contributed by atoms with Crippen molar-refractivity contribution >= 4 is 5.91 Å². The number of nitrogens with zero attached hydrogens (tertiary/aromatic N) is 1. The van der Waals surface area contributed by atoms with Gasteiger partial charge in [-0.05, 0) is 23.8 Å². The number of hydrogen-bond acceptors (Lipinski definition) is 2. The van der Waals surface area contributed by atoms with Crippen molar-refractivity contribution in [1.82, 2.24) is 10.2 Å². The van der Waals surface area contributed by atoms with Crippen LogP contribution in [0.2, 0.25) is 0 Å². The third-order valence-corrected chi connectivity index (χ3v) is 4.44. The summed E-state index contributed by atoms with van der Waals surface area (Å²) in [6.07, 6.45) is 4.04. The summed E-state index contributed by atoms with van der Waals surface area (Å²) in [7, 11) is 0. The lowest BCUT2D eigenvalue weighted by molar-refractivity contribution is -0.130. The molecule has 2 fully saturated rings. The smallest absolute Gasteiger partial charge is 0.245 e. The molecule has 0 spiro atoms. The van der Waals surface area contributed by atoms with E-state index >= 15 is 0 Å². The normalized spacial score (nSPS) is 26.6. The summed E-state index contributed by atoms with van der Waals surface area (Å²) in [5, 5.41) is 3.53. The Labute approximate surface area is 121 Å². The van der Waals surface area contributed by atoms with Crippen molar-refractivity contribution < 1.29 is 4.79 Å². The Morgan fingerprint density at radius 1 is 1.25 bits per heavy atom. The van der Waals surface area contributed by atoms with Crippen LogP contribution in [0.25, 0.3) is 0 Å². The fraction of sp³-hybridized carbons (Fsp3) is 0.588. The lowest BCUT2D eigenvalue weighted by Gasteiger charge is -2.27. The molecule has 1 aliphatic carbocycles. The molecular weight excluding hydrogens is 248 g/mol. The van der Waals surface area contributed by atoms with E-state index in [1.54, 1.807) is 0 Å². The lowest BCUT2D eigenvalue weighted by Crippen LogP contribution is -2.41. The highest BCUT2D eigenvalue weighted by Gasteiger charge is 2.41. The van der Waals surface area contributed by atoms with Crippen LogP contribution in [-0.2, 0) is 4.79 Å². The number of nitrogens with one attached hydrogen (secondary N) is 1. The van der Waals surface area contributed by atoms with Gasteiger partial charge in [-0.25, -0.2) is 0 Å². The van der Waals surface area contributed by atoms with Crippen molar-refractivity contribution in [2.75, 3.05) is 6.54 Å². The Balaban J connectivity index is 1.75. The molecule has 3 heteroatoms. The Morgan fingerprint density at radius 3 is 2.55 bits per heavy atom. The molecule has 1 aliphatic heterocycles. The molecule has 1 aromatic rings. The molecule has 2 unspecified atom stereocenters. The SMILES string of the molecule is CC(C)C1NC(c2ccccc2)C(=O)N1CCC1CC1. The molecule has 1 saturated heterocycles. The first-order valence-corrected chi connectivity index (χ1v) is 7.78. The molecule has 1 heterocycles. The number of carbonyl (C=O) groups is 1. The third kappa shape index (κ3) is 2.73. The van der Waals surface area contributed by atoms with Gasteiger partial charge in [-0.15, -0.1) is 0 Å². The van der Waals surface area contributed by atoms with E-state index in [1.807, 2.05) is 30.3 Å². The zero-order chi connectivity index (χ0) is 14.1. The summed E-state index contributed by atoms with van der Waals surface area (Å²) in [5.41, 5.74) is 1.08. The number of amides is 1. The minimum absolute atomic E-state index is 0.164. The van der Waals surface area contributed by atoms with E-state index in [9.17, 15) is 4.79 Å². The molecular formula is C17H24N2O. The second-order valence-corrected chi connectivity index (χ2v) is 6.46. The van der Waals surface area contributed by atoms with E-state index < -0.39 is 0 Å². The summed E-state index contributed by atoms with van der Waals surface area (Å²) in [5.74, 6) is 1.55. The van der Waals surface area contributed by atoms with Crippen LogP contribution in [0.5, 0.6) is 0 Å². The fourth-order valence-electron chi connectivity index (χ4n) is 3.05. The topological polar surface area (TPSA) is 32.3 Å². The molecule has 2 aliphatic rings. The van der Waals surface area contributed by atoms with Crippen LogP contribution in [0.15, 0.2) is 30.3 Å². The average Bonchev–Trinajstić information content (AvgIpc) is 3.21. The zero-order valence-corrected chi connectivity index (χ0v) is 12.4. The van der Waals surface area contributed by atoms with E-state index in [1.165, 1.54) is 12.8 Å². The van der Waals surface area contributed by atoms with Gasteiger partial charge in [-0.2, -0.15) is 0 Å². The third-order valence-electron chi connectivity index (χ3n) is 4.44. The number of rotatable bonds is 5. The maximum absolute atomic E-state index is 12.7. The minimum Gasteiger partial charge on any atom is -0.325 e. The zero-order valence-electron chi connectivity index (χ0n) is 12.4. The number of hydrogen-bond donors (Lipinski definition) is 1. The quantitative estimate of drug-likeness (QED) is 0.894. The van der Waals surface area contributed by atoms with Gasteiger partial charge in [0.25, 0.3) is 0 Å². The molecule has 1 aromatic carbocycles. The first kappa shape index (κ1) is 13.6. The molecule has 1 N–H and O–H groups in total.